The molecule has 3 heterocycles. The van der Waals surface area contributed by atoms with Gasteiger partial charge < -0.3 is 24.8 Å². The molecular formula is C32H32N6O4. The SMILES string of the molecule is CC(C)(C)c1ccc(Oc2cccc(-c3nc(N4CCOCC4)nc(Nc4ccc5[nH]ncc5c4)c3C(=O)O)c2)cc1. The zero-order valence-electron chi connectivity index (χ0n) is 23.7. The van der Waals surface area contributed by atoms with Crippen LogP contribution >= 0.6 is 0 Å². The normalized spacial score (nSPS) is 13.7. The second-order valence-electron chi connectivity index (χ2n) is 11.2. The number of H-pyrrole nitrogens is 1. The molecule has 1 fully saturated rings. The Bertz CT molecular complexity index is 1740. The van der Waals surface area contributed by atoms with Crippen LogP contribution in [0.15, 0.2) is 72.9 Å². The summed E-state index contributed by atoms with van der Waals surface area (Å²) in [5.74, 6) is 0.732. The second kappa shape index (κ2) is 11.1. The van der Waals surface area contributed by atoms with E-state index in [0.29, 0.717) is 60.7 Å². The molecule has 0 bridgehead atoms. The predicted molar refractivity (Wildman–Crippen MR) is 162 cm³/mol. The zero-order chi connectivity index (χ0) is 29.3. The number of benzene rings is 3. The fourth-order valence-electron chi connectivity index (χ4n) is 4.88. The Morgan fingerprint density at radius 2 is 1.79 bits per heavy atom. The highest BCUT2D eigenvalue weighted by Crippen LogP contribution is 2.34. The molecule has 0 saturated carbocycles. The fraction of sp³-hybridized carbons (Fsp3) is 0.250. The molecule has 0 aliphatic carbocycles. The number of hydrogen-bond acceptors (Lipinski definition) is 8. The Kier molecular flexibility index (Phi) is 7.22. The maximum atomic E-state index is 12.8. The summed E-state index contributed by atoms with van der Waals surface area (Å²) < 4.78 is 11.7. The molecule has 1 aliphatic heterocycles. The average molecular weight is 565 g/mol. The molecule has 0 spiro atoms. The number of carboxylic acid groups (broad SMARTS) is 1. The molecule has 1 aliphatic rings. The van der Waals surface area contributed by atoms with Gasteiger partial charge in [-0.2, -0.15) is 10.1 Å². The van der Waals surface area contributed by atoms with Crippen molar-refractivity contribution in [2.45, 2.75) is 26.2 Å². The maximum absolute atomic E-state index is 12.8. The first-order valence-corrected chi connectivity index (χ1v) is 13.8. The van der Waals surface area contributed by atoms with E-state index in [1.807, 2.05) is 53.4 Å². The van der Waals surface area contributed by atoms with Gasteiger partial charge in [0.1, 0.15) is 17.1 Å². The van der Waals surface area contributed by atoms with Gasteiger partial charge in [0.05, 0.1) is 30.6 Å². The highest BCUT2D eigenvalue weighted by atomic mass is 16.5. The van der Waals surface area contributed by atoms with Crippen molar-refractivity contribution < 1.29 is 19.4 Å². The topological polar surface area (TPSA) is 125 Å². The van der Waals surface area contributed by atoms with Crippen LogP contribution in [0.1, 0.15) is 36.7 Å². The van der Waals surface area contributed by atoms with Gasteiger partial charge in [0, 0.05) is 29.7 Å². The number of carboxylic acids is 1. The number of rotatable bonds is 7. The number of nitrogens with zero attached hydrogens (tertiary/aromatic N) is 4. The van der Waals surface area contributed by atoms with Gasteiger partial charge in [-0.1, -0.05) is 45.0 Å². The van der Waals surface area contributed by atoms with Gasteiger partial charge in [-0.25, -0.2) is 9.78 Å². The fourth-order valence-corrected chi connectivity index (χ4v) is 4.88. The summed E-state index contributed by atoms with van der Waals surface area (Å²) in [5, 5.41) is 21.5. The van der Waals surface area contributed by atoms with Crippen molar-refractivity contribution in [3.8, 4) is 22.8 Å². The minimum absolute atomic E-state index is 0.0346. The maximum Gasteiger partial charge on any atom is 0.341 e. The molecule has 5 aromatic rings. The van der Waals surface area contributed by atoms with Crippen LogP contribution in [0.2, 0.25) is 0 Å². The number of ether oxygens (including phenoxy) is 2. The lowest BCUT2D eigenvalue weighted by Crippen LogP contribution is -2.37. The molecule has 214 valence electrons. The standard InChI is InChI=1S/C32H32N6O4/c1-32(2,3)22-7-10-24(11-8-22)42-25-6-4-5-20(18-25)28-27(30(39)40)29(36-31(35-28)38-13-15-41-16-14-38)34-23-9-12-26-21(17-23)19-33-37-26/h4-12,17-19H,13-16H2,1-3H3,(H,33,37)(H,39,40)(H,34,35,36). The van der Waals surface area contributed by atoms with Crippen LogP contribution < -0.4 is 15.0 Å². The van der Waals surface area contributed by atoms with Gasteiger partial charge in [0.25, 0.3) is 0 Å². The molecule has 6 rings (SSSR count). The van der Waals surface area contributed by atoms with E-state index in [9.17, 15) is 9.90 Å². The third-order valence-electron chi connectivity index (χ3n) is 7.17. The molecule has 0 radical (unpaired) electrons. The number of aromatic carboxylic acids is 1. The highest BCUT2D eigenvalue weighted by molar-refractivity contribution is 6.01. The van der Waals surface area contributed by atoms with Crippen LogP contribution in [0, 0.1) is 0 Å². The van der Waals surface area contributed by atoms with Crippen molar-refractivity contribution in [1.29, 1.82) is 0 Å². The summed E-state index contributed by atoms with van der Waals surface area (Å²) in [5.41, 5.74) is 3.65. The van der Waals surface area contributed by atoms with Gasteiger partial charge in [-0.05, 0) is 53.4 Å². The van der Waals surface area contributed by atoms with Crippen LogP contribution in [0.3, 0.4) is 0 Å². The molecular weight excluding hydrogens is 532 g/mol. The van der Waals surface area contributed by atoms with Crippen LogP contribution in [0.25, 0.3) is 22.2 Å². The Labute approximate surface area is 243 Å². The molecule has 10 heteroatoms. The summed E-state index contributed by atoms with van der Waals surface area (Å²) in [6.07, 6.45) is 1.71. The molecule has 0 unspecified atom stereocenters. The quantitative estimate of drug-likeness (QED) is 0.206. The molecule has 2 aromatic heterocycles. The average Bonchev–Trinajstić information content (AvgIpc) is 3.45. The van der Waals surface area contributed by atoms with Crippen LogP contribution in [-0.4, -0.2) is 57.5 Å². The van der Waals surface area contributed by atoms with Crippen molar-refractivity contribution >= 4 is 34.3 Å². The van der Waals surface area contributed by atoms with Crippen molar-refractivity contribution in [2.24, 2.45) is 0 Å². The third-order valence-corrected chi connectivity index (χ3v) is 7.17. The summed E-state index contributed by atoms with van der Waals surface area (Å²) in [4.78, 5) is 24.2. The Morgan fingerprint density at radius 3 is 2.52 bits per heavy atom. The van der Waals surface area contributed by atoms with E-state index in [1.54, 1.807) is 12.3 Å². The lowest BCUT2D eigenvalue weighted by molar-refractivity contribution is 0.0698. The number of anilines is 3. The second-order valence-corrected chi connectivity index (χ2v) is 11.2. The minimum atomic E-state index is -1.14. The van der Waals surface area contributed by atoms with Gasteiger partial charge >= 0.3 is 5.97 Å². The number of fused-ring (bicyclic) bond motifs is 1. The minimum Gasteiger partial charge on any atom is -0.477 e. The van der Waals surface area contributed by atoms with E-state index in [1.165, 1.54) is 5.56 Å². The van der Waals surface area contributed by atoms with Crippen molar-refractivity contribution in [1.82, 2.24) is 20.2 Å². The largest absolute Gasteiger partial charge is 0.477 e. The molecule has 1 saturated heterocycles. The van der Waals surface area contributed by atoms with Crippen molar-refractivity contribution in [3.63, 3.8) is 0 Å². The predicted octanol–water partition coefficient (Wildman–Crippen LogP) is 6.39. The van der Waals surface area contributed by atoms with Gasteiger partial charge in [-0.15, -0.1) is 0 Å². The smallest absolute Gasteiger partial charge is 0.341 e. The van der Waals surface area contributed by atoms with E-state index in [-0.39, 0.29) is 16.8 Å². The van der Waals surface area contributed by atoms with Crippen molar-refractivity contribution in [2.75, 3.05) is 36.5 Å². The molecule has 3 N–H and O–H groups in total. The lowest BCUT2D eigenvalue weighted by Gasteiger charge is -2.28. The van der Waals surface area contributed by atoms with E-state index < -0.39 is 5.97 Å². The molecule has 3 aromatic carbocycles. The number of aromatic amines is 1. The Morgan fingerprint density at radius 1 is 1.00 bits per heavy atom. The van der Waals surface area contributed by atoms with E-state index in [0.717, 1.165) is 10.9 Å². The van der Waals surface area contributed by atoms with E-state index in [2.05, 4.69) is 48.4 Å². The summed E-state index contributed by atoms with van der Waals surface area (Å²) >= 11 is 0. The Balaban J connectivity index is 1.40. The van der Waals surface area contributed by atoms with Gasteiger partial charge in [-0.3, -0.25) is 5.10 Å². The molecule has 0 atom stereocenters. The van der Waals surface area contributed by atoms with Crippen LogP contribution in [-0.2, 0) is 10.2 Å². The van der Waals surface area contributed by atoms with Crippen molar-refractivity contribution in [3.05, 3.63) is 84.1 Å². The number of nitrogens with one attached hydrogen (secondary N) is 2. The molecule has 0 amide bonds. The van der Waals surface area contributed by atoms with Crippen LogP contribution in [0.4, 0.5) is 17.5 Å². The monoisotopic (exact) mass is 564 g/mol. The number of carbonyl (C=O) groups is 1. The first-order valence-electron chi connectivity index (χ1n) is 13.8. The number of aromatic nitrogens is 4. The van der Waals surface area contributed by atoms with Gasteiger partial charge in [0.15, 0.2) is 5.82 Å². The molecule has 10 nitrogen and oxygen atoms in total. The first-order chi connectivity index (χ1) is 20.2. The Hall–Kier alpha value is -4.96. The summed E-state index contributed by atoms with van der Waals surface area (Å²) in [6.45, 7) is 8.77. The highest BCUT2D eigenvalue weighted by Gasteiger charge is 2.25. The van der Waals surface area contributed by atoms with E-state index in [4.69, 9.17) is 19.4 Å². The third kappa shape index (κ3) is 5.75. The van der Waals surface area contributed by atoms with Gasteiger partial charge in [0.2, 0.25) is 5.95 Å². The summed E-state index contributed by atoms with van der Waals surface area (Å²) in [7, 11) is 0. The summed E-state index contributed by atoms with van der Waals surface area (Å²) in [6, 6.07) is 20.9. The number of hydrogen-bond donors (Lipinski definition) is 3. The molecule has 42 heavy (non-hydrogen) atoms. The number of morpholine rings is 1. The zero-order valence-corrected chi connectivity index (χ0v) is 23.7. The van der Waals surface area contributed by atoms with Crippen LogP contribution in [0.5, 0.6) is 11.5 Å². The first kappa shape index (κ1) is 27.2. The van der Waals surface area contributed by atoms with E-state index >= 15 is 0 Å². The lowest BCUT2D eigenvalue weighted by atomic mass is 9.87.